The zero-order valence-corrected chi connectivity index (χ0v) is 15.0. The van der Waals surface area contributed by atoms with Gasteiger partial charge in [-0.1, -0.05) is 64.2 Å². The molecule has 0 aromatic rings. The lowest BCUT2D eigenvalue weighted by atomic mass is 9.86. The number of hydrogen-bond donors (Lipinski definition) is 3. The molecule has 1 fully saturated rings. The van der Waals surface area contributed by atoms with Gasteiger partial charge in [-0.3, -0.25) is 4.79 Å². The Labute approximate surface area is 142 Å². The zero-order valence-electron chi connectivity index (χ0n) is 15.0. The van der Waals surface area contributed by atoms with E-state index in [-0.39, 0.29) is 0 Å². The molecule has 0 unspecified atom stereocenters. The molecule has 0 spiro atoms. The number of aliphatic carboxylic acids is 1. The van der Waals surface area contributed by atoms with E-state index >= 15 is 0 Å². The van der Waals surface area contributed by atoms with E-state index in [2.05, 4.69) is 5.32 Å². The van der Waals surface area contributed by atoms with E-state index in [1.807, 2.05) is 0 Å². The molecule has 0 radical (unpaired) electrons. The number of rotatable bonds is 5. The van der Waals surface area contributed by atoms with Crippen LogP contribution in [-0.2, 0) is 4.79 Å². The molecule has 4 N–H and O–H groups in total. The van der Waals surface area contributed by atoms with Crippen molar-refractivity contribution in [3.05, 3.63) is 0 Å². The van der Waals surface area contributed by atoms with Gasteiger partial charge in [0.15, 0.2) is 0 Å². The normalized spacial score (nSPS) is 26.1. The zero-order chi connectivity index (χ0) is 16.8. The number of nitrogens with one attached hydrogen (secondary N) is 1. The van der Waals surface area contributed by atoms with Crippen LogP contribution in [0.3, 0.4) is 0 Å². The van der Waals surface area contributed by atoms with Gasteiger partial charge in [-0.15, -0.1) is 0 Å². The first-order valence-electron chi connectivity index (χ1n) is 9.90. The molecule has 1 rings (SSSR count). The molecule has 1 aliphatic rings. The van der Waals surface area contributed by atoms with E-state index in [1.165, 1.54) is 51.4 Å². The molecule has 0 aromatic carbocycles. The van der Waals surface area contributed by atoms with Crippen LogP contribution < -0.4 is 11.1 Å². The number of carbonyl (C=O) groups is 1. The smallest absolute Gasteiger partial charge is 0.323 e. The Morgan fingerprint density at radius 2 is 1.39 bits per heavy atom. The molecule has 23 heavy (non-hydrogen) atoms. The van der Waals surface area contributed by atoms with Crippen LogP contribution in [0.5, 0.6) is 0 Å². The summed E-state index contributed by atoms with van der Waals surface area (Å²) in [4.78, 5) is 12.0. The minimum absolute atomic E-state index is 0.649. The van der Waals surface area contributed by atoms with Gasteiger partial charge < -0.3 is 16.2 Å². The summed E-state index contributed by atoms with van der Waals surface area (Å²) in [6.07, 6.45) is 17.0. The average Bonchev–Trinajstić information content (AvgIpc) is 2.54. The Hall–Kier alpha value is -0.610. The standard InChI is InChI=1S/C19H38N2O2/c20-16-12-11-15-19(18(22)23)14-10-8-6-4-2-1-3-5-7-9-13-17-21-19/h21H,1-17,20H2,(H,22,23)/t19-/m0/s1. The van der Waals surface area contributed by atoms with Crippen LogP contribution in [0.1, 0.15) is 96.3 Å². The summed E-state index contributed by atoms with van der Waals surface area (Å²) >= 11 is 0. The third kappa shape index (κ3) is 8.71. The van der Waals surface area contributed by atoms with Gasteiger partial charge >= 0.3 is 5.97 Å². The molecule has 4 heteroatoms. The summed E-state index contributed by atoms with van der Waals surface area (Å²) in [6.45, 7) is 1.48. The summed E-state index contributed by atoms with van der Waals surface area (Å²) in [5.74, 6) is -0.668. The molecule has 136 valence electrons. The summed E-state index contributed by atoms with van der Waals surface area (Å²) < 4.78 is 0. The summed E-state index contributed by atoms with van der Waals surface area (Å²) in [6, 6.07) is 0. The Morgan fingerprint density at radius 3 is 1.91 bits per heavy atom. The van der Waals surface area contributed by atoms with Crippen molar-refractivity contribution in [1.29, 1.82) is 0 Å². The highest BCUT2D eigenvalue weighted by molar-refractivity contribution is 5.78. The van der Waals surface area contributed by atoms with E-state index in [4.69, 9.17) is 5.73 Å². The molecule has 1 saturated heterocycles. The minimum atomic E-state index is -0.727. The fourth-order valence-electron chi connectivity index (χ4n) is 3.63. The van der Waals surface area contributed by atoms with Crippen LogP contribution in [0.25, 0.3) is 0 Å². The first-order valence-corrected chi connectivity index (χ1v) is 9.90. The summed E-state index contributed by atoms with van der Waals surface area (Å²) in [7, 11) is 0. The SMILES string of the molecule is NCCCC[C@]1(C(=O)O)CCCCCCCCCCCCCN1. The number of carboxylic acids is 1. The predicted octanol–water partition coefficient (Wildman–Crippen LogP) is 4.22. The largest absolute Gasteiger partial charge is 0.480 e. The Morgan fingerprint density at radius 1 is 0.870 bits per heavy atom. The predicted molar refractivity (Wildman–Crippen MR) is 96.7 cm³/mol. The van der Waals surface area contributed by atoms with Gasteiger partial charge in [0.05, 0.1) is 0 Å². The molecule has 0 amide bonds. The van der Waals surface area contributed by atoms with Crippen molar-refractivity contribution in [3.8, 4) is 0 Å². The fraction of sp³-hybridized carbons (Fsp3) is 0.947. The van der Waals surface area contributed by atoms with E-state index in [0.717, 1.165) is 45.1 Å². The van der Waals surface area contributed by atoms with Crippen molar-refractivity contribution in [2.75, 3.05) is 13.1 Å². The van der Waals surface area contributed by atoms with Crippen molar-refractivity contribution in [1.82, 2.24) is 5.32 Å². The second kappa shape index (κ2) is 12.8. The van der Waals surface area contributed by atoms with Gasteiger partial charge in [-0.2, -0.15) is 0 Å². The lowest BCUT2D eigenvalue weighted by molar-refractivity contribution is -0.145. The number of unbranched alkanes of at least 4 members (excludes halogenated alkanes) is 1. The summed E-state index contributed by atoms with van der Waals surface area (Å²) in [5, 5.41) is 13.3. The maximum atomic E-state index is 12.0. The molecule has 0 bridgehead atoms. The fourth-order valence-corrected chi connectivity index (χ4v) is 3.63. The average molecular weight is 327 g/mol. The van der Waals surface area contributed by atoms with Crippen LogP contribution in [0.15, 0.2) is 0 Å². The molecule has 1 heterocycles. The van der Waals surface area contributed by atoms with Gasteiger partial charge in [0.2, 0.25) is 0 Å². The molecule has 0 aromatic heterocycles. The lowest BCUT2D eigenvalue weighted by Crippen LogP contribution is -2.52. The maximum absolute atomic E-state index is 12.0. The van der Waals surface area contributed by atoms with Gasteiger partial charge in [-0.25, -0.2) is 0 Å². The third-order valence-electron chi connectivity index (χ3n) is 5.21. The van der Waals surface area contributed by atoms with Crippen LogP contribution in [-0.4, -0.2) is 29.7 Å². The van der Waals surface area contributed by atoms with Crippen LogP contribution in [0.2, 0.25) is 0 Å². The topological polar surface area (TPSA) is 75.4 Å². The van der Waals surface area contributed by atoms with Crippen LogP contribution in [0.4, 0.5) is 0 Å². The summed E-state index contributed by atoms with van der Waals surface area (Å²) in [5.41, 5.74) is 4.86. The van der Waals surface area contributed by atoms with Crippen molar-refractivity contribution >= 4 is 5.97 Å². The quantitative estimate of drug-likeness (QED) is 0.661. The molecular weight excluding hydrogens is 288 g/mol. The van der Waals surface area contributed by atoms with E-state index in [9.17, 15) is 9.90 Å². The van der Waals surface area contributed by atoms with E-state index in [0.29, 0.717) is 13.0 Å². The second-order valence-electron chi connectivity index (χ2n) is 7.20. The van der Waals surface area contributed by atoms with Crippen molar-refractivity contribution in [2.24, 2.45) is 5.73 Å². The number of carboxylic acid groups (broad SMARTS) is 1. The van der Waals surface area contributed by atoms with Gasteiger partial charge in [0, 0.05) is 0 Å². The molecule has 0 aliphatic carbocycles. The van der Waals surface area contributed by atoms with Gasteiger partial charge in [-0.05, 0) is 45.2 Å². The Kier molecular flexibility index (Phi) is 11.3. The van der Waals surface area contributed by atoms with Crippen LogP contribution >= 0.6 is 0 Å². The van der Waals surface area contributed by atoms with Gasteiger partial charge in [0.25, 0.3) is 0 Å². The Bertz CT molecular complexity index is 292. The van der Waals surface area contributed by atoms with Crippen LogP contribution in [0, 0.1) is 0 Å². The molecule has 1 atom stereocenters. The Balaban J connectivity index is 2.58. The second-order valence-corrected chi connectivity index (χ2v) is 7.20. The molecular formula is C19H38N2O2. The van der Waals surface area contributed by atoms with Crippen molar-refractivity contribution < 1.29 is 9.90 Å². The monoisotopic (exact) mass is 326 g/mol. The number of nitrogens with two attached hydrogens (primary N) is 1. The first kappa shape index (κ1) is 20.4. The van der Waals surface area contributed by atoms with Crippen molar-refractivity contribution in [2.45, 2.75) is 102 Å². The lowest BCUT2D eigenvalue weighted by Gasteiger charge is -2.31. The third-order valence-corrected chi connectivity index (χ3v) is 5.21. The van der Waals surface area contributed by atoms with Gasteiger partial charge in [0.1, 0.15) is 5.54 Å². The van der Waals surface area contributed by atoms with Crippen molar-refractivity contribution in [3.63, 3.8) is 0 Å². The highest BCUT2D eigenvalue weighted by Crippen LogP contribution is 2.24. The maximum Gasteiger partial charge on any atom is 0.323 e. The highest BCUT2D eigenvalue weighted by Gasteiger charge is 2.36. The highest BCUT2D eigenvalue weighted by atomic mass is 16.4. The number of hydrogen-bond acceptors (Lipinski definition) is 3. The molecule has 1 aliphatic heterocycles. The van der Waals surface area contributed by atoms with E-state index < -0.39 is 11.5 Å². The minimum Gasteiger partial charge on any atom is -0.480 e. The van der Waals surface area contributed by atoms with E-state index in [1.54, 1.807) is 0 Å². The molecule has 0 saturated carbocycles. The first-order chi connectivity index (χ1) is 11.2. The molecule has 4 nitrogen and oxygen atoms in total.